The molecule has 4 atom stereocenters. The zero-order valence-corrected chi connectivity index (χ0v) is 26.1. The lowest BCUT2D eigenvalue weighted by Gasteiger charge is -2.43. The van der Waals surface area contributed by atoms with Crippen LogP contribution in [0.2, 0.25) is 5.02 Å². The van der Waals surface area contributed by atoms with Gasteiger partial charge in [-0.25, -0.2) is 9.18 Å². The van der Waals surface area contributed by atoms with Crippen molar-refractivity contribution in [3.63, 3.8) is 0 Å². The van der Waals surface area contributed by atoms with Gasteiger partial charge in [0, 0.05) is 41.7 Å². The van der Waals surface area contributed by atoms with Crippen LogP contribution >= 0.6 is 11.6 Å². The molecule has 1 amide bonds. The van der Waals surface area contributed by atoms with Crippen LogP contribution in [-0.2, 0) is 23.0 Å². The Morgan fingerprint density at radius 2 is 2.05 bits per heavy atom. The number of hydrogen-bond acceptors (Lipinski definition) is 8. The Morgan fingerprint density at radius 3 is 2.82 bits per heavy atom. The van der Waals surface area contributed by atoms with Crippen molar-refractivity contribution in [2.24, 2.45) is 0 Å². The molecule has 2 fully saturated rings. The smallest absolute Gasteiger partial charge is 0.410 e. The number of rotatable bonds is 8. The fourth-order valence-electron chi connectivity index (χ4n) is 7.72. The van der Waals surface area contributed by atoms with Crippen molar-refractivity contribution in [3.05, 3.63) is 58.3 Å². The van der Waals surface area contributed by atoms with E-state index in [1.165, 1.54) is 6.08 Å². The number of likely N-dealkylation sites (N-methyl/N-ethyl adjacent to an activating group) is 1. The van der Waals surface area contributed by atoms with Crippen molar-refractivity contribution in [2.75, 3.05) is 50.8 Å². The molecule has 6 rings (SSSR count). The minimum Gasteiger partial charge on any atom is -0.462 e. The van der Waals surface area contributed by atoms with E-state index in [0.29, 0.717) is 62.0 Å². The molecule has 9 nitrogen and oxygen atoms in total. The zero-order chi connectivity index (χ0) is 30.8. The molecule has 3 heterocycles. The SMILES string of the molecule is C=CCOC(=O)N1CCN(c2nc(OC[C@@H]3CCCN3CC)nc3c2CC[C@@]2(CCc4c(Cl)cccc42)[C@H]3F)C[C@@H]1CC#N. The summed E-state index contributed by atoms with van der Waals surface area (Å²) in [5.41, 5.74) is 2.48. The molecular weight excluding hydrogens is 583 g/mol. The van der Waals surface area contributed by atoms with Gasteiger partial charge in [0.05, 0.1) is 24.2 Å². The maximum absolute atomic E-state index is 17.1. The molecule has 44 heavy (non-hydrogen) atoms. The first-order chi connectivity index (χ1) is 21.4. The summed E-state index contributed by atoms with van der Waals surface area (Å²) in [4.78, 5) is 28.5. The van der Waals surface area contributed by atoms with E-state index in [1.807, 2.05) is 18.2 Å². The highest BCUT2D eigenvalue weighted by Gasteiger charge is 2.51. The lowest BCUT2D eigenvalue weighted by molar-refractivity contribution is 0.0904. The number of ether oxygens (including phenoxy) is 2. The van der Waals surface area contributed by atoms with Gasteiger partial charge in [-0.3, -0.25) is 4.90 Å². The largest absolute Gasteiger partial charge is 0.462 e. The first-order valence-corrected chi connectivity index (χ1v) is 16.1. The minimum atomic E-state index is -1.35. The second-order valence-corrected chi connectivity index (χ2v) is 12.6. The van der Waals surface area contributed by atoms with Crippen molar-refractivity contribution in [1.29, 1.82) is 5.26 Å². The monoisotopic (exact) mass is 622 g/mol. The van der Waals surface area contributed by atoms with Crippen LogP contribution in [0.5, 0.6) is 6.01 Å². The summed E-state index contributed by atoms with van der Waals surface area (Å²) in [6, 6.07) is 8.05. The molecule has 11 heteroatoms. The van der Waals surface area contributed by atoms with Crippen LogP contribution in [0.25, 0.3) is 0 Å². The van der Waals surface area contributed by atoms with E-state index in [9.17, 15) is 10.1 Å². The number of carbonyl (C=O) groups excluding carboxylic acids is 1. The summed E-state index contributed by atoms with van der Waals surface area (Å²) in [6.07, 6.45) is 4.63. The average molecular weight is 623 g/mol. The van der Waals surface area contributed by atoms with Crippen molar-refractivity contribution in [2.45, 2.75) is 75.5 Å². The van der Waals surface area contributed by atoms with Gasteiger partial charge in [0.2, 0.25) is 0 Å². The van der Waals surface area contributed by atoms with Crippen LogP contribution in [0.1, 0.15) is 67.6 Å². The van der Waals surface area contributed by atoms with E-state index in [2.05, 4.69) is 29.4 Å². The molecule has 0 unspecified atom stereocenters. The molecule has 2 aromatic rings. The van der Waals surface area contributed by atoms with Gasteiger partial charge in [0.1, 0.15) is 19.0 Å². The van der Waals surface area contributed by atoms with E-state index >= 15 is 4.39 Å². The van der Waals surface area contributed by atoms with E-state index in [0.717, 1.165) is 49.0 Å². The fraction of sp³-hybridized carbons (Fsp3) is 0.576. The molecule has 2 aliphatic carbocycles. The molecule has 1 spiro atoms. The zero-order valence-electron chi connectivity index (χ0n) is 25.3. The van der Waals surface area contributed by atoms with Crippen molar-refractivity contribution in [3.8, 4) is 12.1 Å². The number of halogens is 2. The molecular formula is C33H40ClFN6O3. The normalized spacial score (nSPS) is 26.3. The van der Waals surface area contributed by atoms with E-state index in [-0.39, 0.29) is 25.1 Å². The summed E-state index contributed by atoms with van der Waals surface area (Å²) < 4.78 is 28.6. The Hall–Kier alpha value is -3.42. The van der Waals surface area contributed by atoms with Gasteiger partial charge in [-0.05, 0) is 68.8 Å². The highest BCUT2D eigenvalue weighted by molar-refractivity contribution is 6.31. The molecule has 2 aliphatic heterocycles. The molecule has 4 aliphatic rings. The number of aromatic nitrogens is 2. The maximum atomic E-state index is 17.1. The Balaban J connectivity index is 1.34. The third-order valence-electron chi connectivity index (χ3n) is 10.00. The van der Waals surface area contributed by atoms with Gasteiger partial charge >= 0.3 is 12.1 Å². The molecule has 0 N–H and O–H groups in total. The first-order valence-electron chi connectivity index (χ1n) is 15.8. The number of nitriles is 1. The number of piperazine rings is 1. The third kappa shape index (κ3) is 5.49. The number of likely N-dealkylation sites (tertiary alicyclic amines) is 1. The third-order valence-corrected chi connectivity index (χ3v) is 10.4. The van der Waals surface area contributed by atoms with Gasteiger partial charge < -0.3 is 19.3 Å². The summed E-state index contributed by atoms with van der Waals surface area (Å²) in [5, 5.41) is 10.3. The number of amides is 1. The Labute approximate surface area is 263 Å². The molecule has 234 valence electrons. The number of anilines is 1. The Bertz CT molecular complexity index is 1450. The first kappa shape index (κ1) is 30.6. The van der Waals surface area contributed by atoms with E-state index in [1.54, 1.807) is 4.90 Å². The fourth-order valence-corrected chi connectivity index (χ4v) is 7.99. The lowest BCUT2D eigenvalue weighted by atomic mass is 9.68. The molecule has 0 bridgehead atoms. The number of carbonyl (C=O) groups is 1. The second-order valence-electron chi connectivity index (χ2n) is 12.2. The van der Waals surface area contributed by atoms with Crippen LogP contribution < -0.4 is 9.64 Å². The summed E-state index contributed by atoms with van der Waals surface area (Å²) >= 11 is 6.56. The van der Waals surface area contributed by atoms with Crippen molar-refractivity contribution < 1.29 is 18.7 Å². The summed E-state index contributed by atoms with van der Waals surface area (Å²) in [7, 11) is 0. The van der Waals surface area contributed by atoms with Crippen molar-refractivity contribution in [1.82, 2.24) is 19.8 Å². The standard InChI is InChI=1S/C33H40ClFN6O3/c1-3-19-43-32(42)41-18-17-40(20-22(41)12-15-36)30-25-11-14-33(13-10-24-26(33)8-5-9-27(24)34)29(35)28(25)37-31(38-30)44-21-23-7-6-16-39(23)4-2/h3,5,8-9,22-23,29H,1,4,6-7,10-14,16-21H2,2H3/t22-,23-,29-,33+/m0/s1. The topological polar surface area (TPSA) is 94.8 Å². The van der Waals surface area contributed by atoms with Gasteiger partial charge in [-0.2, -0.15) is 15.2 Å². The molecule has 0 saturated carbocycles. The van der Waals surface area contributed by atoms with Gasteiger partial charge in [0.15, 0.2) is 6.17 Å². The van der Waals surface area contributed by atoms with Crippen LogP contribution in [0.4, 0.5) is 15.0 Å². The lowest BCUT2D eigenvalue weighted by Crippen LogP contribution is -2.56. The predicted molar refractivity (Wildman–Crippen MR) is 166 cm³/mol. The molecule has 1 aromatic carbocycles. The van der Waals surface area contributed by atoms with E-state index in [4.69, 9.17) is 31.0 Å². The van der Waals surface area contributed by atoms with Gasteiger partial charge in [0.25, 0.3) is 0 Å². The Kier molecular flexibility index (Phi) is 8.97. The number of hydrogen-bond donors (Lipinski definition) is 0. The molecule has 2 saturated heterocycles. The van der Waals surface area contributed by atoms with E-state index < -0.39 is 23.7 Å². The average Bonchev–Trinajstić information content (AvgIpc) is 3.66. The number of fused-ring (bicyclic) bond motifs is 3. The van der Waals surface area contributed by atoms with Gasteiger partial charge in [-0.1, -0.05) is 43.3 Å². The van der Waals surface area contributed by atoms with Crippen LogP contribution in [-0.4, -0.2) is 83.9 Å². The van der Waals surface area contributed by atoms with Crippen molar-refractivity contribution >= 4 is 23.5 Å². The predicted octanol–water partition coefficient (Wildman–Crippen LogP) is 5.56. The Morgan fingerprint density at radius 1 is 1.23 bits per heavy atom. The van der Waals surface area contributed by atoms with Crippen LogP contribution in [0.3, 0.4) is 0 Å². The number of alkyl halides is 1. The summed E-state index contributed by atoms with van der Waals surface area (Å²) in [6.45, 7) is 9.45. The van der Waals surface area contributed by atoms with Gasteiger partial charge in [-0.15, -0.1) is 0 Å². The minimum absolute atomic E-state index is 0.100. The number of benzene rings is 1. The number of nitrogens with zero attached hydrogens (tertiary/aromatic N) is 6. The highest BCUT2D eigenvalue weighted by Crippen LogP contribution is 2.56. The highest BCUT2D eigenvalue weighted by atomic mass is 35.5. The second kappa shape index (κ2) is 12.9. The van der Waals surface area contributed by atoms with Crippen LogP contribution in [0, 0.1) is 11.3 Å². The molecule has 0 radical (unpaired) electrons. The maximum Gasteiger partial charge on any atom is 0.410 e. The summed E-state index contributed by atoms with van der Waals surface area (Å²) in [5.74, 6) is 0.632. The molecule has 1 aromatic heterocycles. The van der Waals surface area contributed by atoms with Crippen LogP contribution in [0.15, 0.2) is 30.9 Å². The quantitative estimate of drug-likeness (QED) is 0.353.